The van der Waals surface area contributed by atoms with Gasteiger partial charge in [0.25, 0.3) is 0 Å². The van der Waals surface area contributed by atoms with Gasteiger partial charge in [-0.25, -0.2) is 4.98 Å². The Kier molecular flexibility index (Phi) is 3.94. The van der Waals surface area contributed by atoms with Crippen molar-refractivity contribution in [3.8, 4) is 17.1 Å². The van der Waals surface area contributed by atoms with E-state index in [9.17, 15) is 0 Å². The molecular weight excluding hydrogens is 438 g/mol. The number of rotatable bonds is 2. The Morgan fingerprint density at radius 2 is 1.14 bits per heavy atom. The monoisotopic (exact) mass is 459 g/mol. The second-order valence-electron chi connectivity index (χ2n) is 9.27. The highest BCUT2D eigenvalue weighted by atomic mass is 15.2. The highest BCUT2D eigenvalue weighted by molar-refractivity contribution is 6.16. The standard InChI is InChI=1S/C33H21N3/c1-2-11-22(12-3-1)33-34-27-17-10-20-30-32(27)36(33)29-19-9-8-18-28(29)35(30)31-21-23-13-4-5-14-24(23)25-15-6-7-16-26(25)31/h1-21H. The number of para-hydroxylation sites is 3. The van der Waals surface area contributed by atoms with E-state index in [0.29, 0.717) is 0 Å². The molecule has 0 amide bonds. The van der Waals surface area contributed by atoms with Crippen molar-refractivity contribution in [1.82, 2.24) is 9.55 Å². The van der Waals surface area contributed by atoms with Gasteiger partial charge in [0.1, 0.15) is 5.82 Å². The van der Waals surface area contributed by atoms with Crippen LogP contribution in [0.4, 0.5) is 17.1 Å². The summed E-state index contributed by atoms with van der Waals surface area (Å²) in [6, 6.07) is 45.3. The van der Waals surface area contributed by atoms with Crippen molar-refractivity contribution in [2.45, 2.75) is 0 Å². The van der Waals surface area contributed by atoms with Gasteiger partial charge in [-0.2, -0.15) is 0 Å². The molecule has 0 N–H and O–H groups in total. The molecule has 1 aliphatic heterocycles. The van der Waals surface area contributed by atoms with Crippen molar-refractivity contribution in [3.63, 3.8) is 0 Å². The predicted octanol–water partition coefficient (Wildman–Crippen LogP) is 8.78. The number of benzene rings is 6. The molecule has 2 heterocycles. The van der Waals surface area contributed by atoms with E-state index in [1.807, 2.05) is 6.07 Å². The normalized spacial score (nSPS) is 12.4. The maximum absolute atomic E-state index is 5.13. The predicted molar refractivity (Wildman–Crippen MR) is 150 cm³/mol. The summed E-state index contributed by atoms with van der Waals surface area (Å²) in [4.78, 5) is 7.55. The van der Waals surface area contributed by atoms with Crippen molar-refractivity contribution in [3.05, 3.63) is 127 Å². The molecule has 0 radical (unpaired) electrons. The summed E-state index contributed by atoms with van der Waals surface area (Å²) in [5.41, 5.74) is 7.84. The van der Waals surface area contributed by atoms with Crippen LogP contribution < -0.4 is 4.90 Å². The molecule has 8 rings (SSSR count). The van der Waals surface area contributed by atoms with Gasteiger partial charge < -0.3 is 4.90 Å². The van der Waals surface area contributed by atoms with Crippen LogP contribution in [0, 0.1) is 0 Å². The van der Waals surface area contributed by atoms with Crippen molar-refractivity contribution < 1.29 is 0 Å². The minimum atomic E-state index is 0.966. The zero-order valence-electron chi connectivity index (χ0n) is 19.5. The molecular formula is C33H21N3. The minimum Gasteiger partial charge on any atom is -0.306 e. The average Bonchev–Trinajstić information content (AvgIpc) is 3.35. The van der Waals surface area contributed by atoms with Crippen LogP contribution in [0.2, 0.25) is 0 Å². The number of imidazole rings is 1. The summed E-state index contributed by atoms with van der Waals surface area (Å²) < 4.78 is 2.33. The van der Waals surface area contributed by atoms with E-state index in [0.717, 1.165) is 39.5 Å². The molecule has 0 fully saturated rings. The van der Waals surface area contributed by atoms with Gasteiger partial charge in [0.15, 0.2) is 0 Å². The lowest BCUT2D eigenvalue weighted by Gasteiger charge is -2.34. The Labute approximate surface area is 208 Å². The fraction of sp³-hybridized carbons (Fsp3) is 0. The third-order valence-electron chi connectivity index (χ3n) is 7.28. The maximum Gasteiger partial charge on any atom is 0.145 e. The lowest BCUT2D eigenvalue weighted by atomic mass is 9.98. The average molecular weight is 460 g/mol. The lowest BCUT2D eigenvalue weighted by molar-refractivity contribution is 1.07. The highest BCUT2D eigenvalue weighted by Gasteiger charge is 2.30. The summed E-state index contributed by atoms with van der Waals surface area (Å²) in [6.45, 7) is 0. The number of nitrogens with zero attached hydrogens (tertiary/aromatic N) is 3. The zero-order chi connectivity index (χ0) is 23.6. The van der Waals surface area contributed by atoms with E-state index in [1.54, 1.807) is 0 Å². The van der Waals surface area contributed by atoms with Crippen LogP contribution in [0.15, 0.2) is 127 Å². The van der Waals surface area contributed by atoms with Gasteiger partial charge in [-0.3, -0.25) is 4.57 Å². The molecule has 3 heteroatoms. The van der Waals surface area contributed by atoms with E-state index in [2.05, 4.69) is 131 Å². The molecule has 1 aliphatic rings. The number of hydrogen-bond acceptors (Lipinski definition) is 2. The van der Waals surface area contributed by atoms with Crippen LogP contribution in [-0.2, 0) is 0 Å². The van der Waals surface area contributed by atoms with E-state index in [1.165, 1.54) is 27.2 Å². The van der Waals surface area contributed by atoms with Crippen LogP contribution in [0.25, 0.3) is 49.7 Å². The minimum absolute atomic E-state index is 0.966. The Balaban J connectivity index is 1.52. The molecule has 0 saturated heterocycles. The Morgan fingerprint density at radius 1 is 0.472 bits per heavy atom. The van der Waals surface area contributed by atoms with Crippen molar-refractivity contribution in [2.75, 3.05) is 4.90 Å². The fourth-order valence-corrected chi connectivity index (χ4v) is 5.76. The van der Waals surface area contributed by atoms with E-state index in [4.69, 9.17) is 4.98 Å². The highest BCUT2D eigenvalue weighted by Crippen LogP contribution is 2.50. The Morgan fingerprint density at radius 3 is 2.00 bits per heavy atom. The molecule has 36 heavy (non-hydrogen) atoms. The summed E-state index contributed by atoms with van der Waals surface area (Å²) in [5.74, 6) is 0.966. The van der Waals surface area contributed by atoms with E-state index >= 15 is 0 Å². The summed E-state index contributed by atoms with van der Waals surface area (Å²) in [6.07, 6.45) is 0. The molecule has 0 unspecified atom stereocenters. The molecule has 6 aromatic carbocycles. The first-order chi connectivity index (χ1) is 17.9. The van der Waals surface area contributed by atoms with E-state index in [-0.39, 0.29) is 0 Å². The number of aromatic nitrogens is 2. The van der Waals surface area contributed by atoms with Crippen LogP contribution in [0.5, 0.6) is 0 Å². The molecule has 168 valence electrons. The maximum atomic E-state index is 5.13. The quantitative estimate of drug-likeness (QED) is 0.241. The van der Waals surface area contributed by atoms with Gasteiger partial charge in [0, 0.05) is 10.9 Å². The van der Waals surface area contributed by atoms with Gasteiger partial charge in [-0.1, -0.05) is 97.1 Å². The first-order valence-electron chi connectivity index (χ1n) is 12.3. The van der Waals surface area contributed by atoms with Gasteiger partial charge in [0.2, 0.25) is 0 Å². The van der Waals surface area contributed by atoms with Gasteiger partial charge in [-0.05, 0) is 46.5 Å². The summed E-state index contributed by atoms with van der Waals surface area (Å²) in [7, 11) is 0. The molecule has 0 aliphatic carbocycles. The summed E-state index contributed by atoms with van der Waals surface area (Å²) >= 11 is 0. The first-order valence-corrected chi connectivity index (χ1v) is 12.3. The molecule has 1 aromatic heterocycles. The van der Waals surface area contributed by atoms with Crippen LogP contribution >= 0.6 is 0 Å². The van der Waals surface area contributed by atoms with Crippen LogP contribution in [0.1, 0.15) is 0 Å². The topological polar surface area (TPSA) is 21.1 Å². The molecule has 0 spiro atoms. The Hall–Kier alpha value is -4.89. The molecule has 0 bridgehead atoms. The second-order valence-corrected chi connectivity index (χ2v) is 9.27. The van der Waals surface area contributed by atoms with E-state index < -0.39 is 0 Å². The smallest absolute Gasteiger partial charge is 0.145 e. The third kappa shape index (κ3) is 2.60. The van der Waals surface area contributed by atoms with Crippen molar-refractivity contribution >= 4 is 49.6 Å². The second kappa shape index (κ2) is 7.30. The third-order valence-corrected chi connectivity index (χ3v) is 7.28. The summed E-state index contributed by atoms with van der Waals surface area (Å²) in [5, 5.41) is 5.01. The Bertz CT molecular complexity index is 1950. The van der Waals surface area contributed by atoms with Gasteiger partial charge in [-0.15, -0.1) is 0 Å². The van der Waals surface area contributed by atoms with Crippen molar-refractivity contribution in [2.24, 2.45) is 0 Å². The molecule has 3 nitrogen and oxygen atoms in total. The van der Waals surface area contributed by atoms with Gasteiger partial charge in [0.05, 0.1) is 33.8 Å². The van der Waals surface area contributed by atoms with Crippen LogP contribution in [0.3, 0.4) is 0 Å². The molecule has 0 atom stereocenters. The largest absolute Gasteiger partial charge is 0.306 e. The number of anilines is 3. The molecule has 7 aromatic rings. The van der Waals surface area contributed by atoms with Crippen LogP contribution in [-0.4, -0.2) is 9.55 Å². The lowest BCUT2D eigenvalue weighted by Crippen LogP contribution is -2.18. The fourth-order valence-electron chi connectivity index (χ4n) is 5.76. The molecule has 0 saturated carbocycles. The number of hydrogen-bond donors (Lipinski definition) is 0. The van der Waals surface area contributed by atoms with Crippen molar-refractivity contribution in [1.29, 1.82) is 0 Å². The zero-order valence-corrected chi connectivity index (χ0v) is 19.5. The number of fused-ring (bicyclic) bond motifs is 5. The van der Waals surface area contributed by atoms with Gasteiger partial charge >= 0.3 is 0 Å². The SMILES string of the molecule is c1ccc(-c2nc3cccc4c3n2-c2ccccc2N4c2cc3ccccc3c3ccccc23)cc1. The first kappa shape index (κ1) is 19.4.